The summed E-state index contributed by atoms with van der Waals surface area (Å²) in [6.07, 6.45) is 1.72. The van der Waals surface area contributed by atoms with Crippen LogP contribution in [0, 0.1) is 35.1 Å². The quantitative estimate of drug-likeness (QED) is 0.186. The normalized spacial score (nSPS) is 25.3. The molecule has 6 heterocycles. The number of amidine groups is 2. The molecule has 330 valence electrons. The first-order valence-corrected chi connectivity index (χ1v) is 21.5. The van der Waals surface area contributed by atoms with Crippen molar-refractivity contribution in [2.75, 3.05) is 56.2 Å². The number of halogens is 4. The van der Waals surface area contributed by atoms with Crippen LogP contribution in [-0.2, 0) is 9.59 Å². The summed E-state index contributed by atoms with van der Waals surface area (Å²) in [4.78, 5) is 30.6. The van der Waals surface area contributed by atoms with Crippen LogP contribution in [0.5, 0.6) is 11.5 Å². The van der Waals surface area contributed by atoms with Crippen LogP contribution in [0.4, 0.5) is 28.9 Å². The Labute approximate surface area is 363 Å². The number of nitrogens with one attached hydrogen (secondary N) is 3. The third-order valence-corrected chi connectivity index (χ3v) is 13.3. The van der Waals surface area contributed by atoms with Crippen LogP contribution >= 0.6 is 0 Å². The highest BCUT2D eigenvalue weighted by Crippen LogP contribution is 2.48. The Balaban J connectivity index is 0.000000160. The van der Waals surface area contributed by atoms with E-state index < -0.39 is 35.4 Å². The maximum Gasteiger partial charge on any atom is 0.262 e. The molecule has 4 aromatic rings. The first kappa shape index (κ1) is 42.3. The Morgan fingerprint density at radius 2 is 1.11 bits per heavy atom. The minimum absolute atomic E-state index is 0.0380. The molecular weight excluding hydrogens is 817 g/mol. The Kier molecular flexibility index (Phi) is 11.4. The lowest BCUT2D eigenvalue weighted by Gasteiger charge is -2.40. The molecule has 63 heavy (non-hydrogen) atoms. The summed E-state index contributed by atoms with van der Waals surface area (Å²) < 4.78 is 71.2. The third kappa shape index (κ3) is 7.66. The molecule has 0 saturated carbocycles. The van der Waals surface area contributed by atoms with Gasteiger partial charge in [0.25, 0.3) is 11.8 Å². The van der Waals surface area contributed by atoms with E-state index in [2.05, 4.69) is 52.2 Å². The molecule has 4 aromatic carbocycles. The molecule has 2 fully saturated rings. The second-order valence-electron chi connectivity index (χ2n) is 17.4. The number of rotatable bonds is 4. The molecule has 0 bridgehead atoms. The zero-order valence-electron chi connectivity index (χ0n) is 35.8. The van der Waals surface area contributed by atoms with E-state index in [0.29, 0.717) is 51.6 Å². The topological polar surface area (TPSA) is 123 Å². The van der Waals surface area contributed by atoms with Gasteiger partial charge in [0.05, 0.1) is 22.5 Å². The lowest BCUT2D eigenvalue weighted by atomic mass is 9.78. The van der Waals surface area contributed by atoms with E-state index in [-0.39, 0.29) is 53.9 Å². The molecule has 6 aliphatic heterocycles. The second-order valence-corrected chi connectivity index (χ2v) is 17.4. The number of hydrazone groups is 2. The molecule has 0 aromatic heterocycles. The van der Waals surface area contributed by atoms with Gasteiger partial charge in [-0.05, 0) is 148 Å². The summed E-state index contributed by atoms with van der Waals surface area (Å²) >= 11 is 0. The summed E-state index contributed by atoms with van der Waals surface area (Å²) in [6, 6.07) is 14.2. The van der Waals surface area contributed by atoms with Gasteiger partial charge in [0.1, 0.15) is 60.1 Å². The largest absolute Gasteiger partial charge is 0.483 e. The number of carbonyl (C=O) groups excluding carboxylic acids is 2. The van der Waals surface area contributed by atoms with E-state index in [1.807, 2.05) is 21.9 Å². The molecule has 2 saturated heterocycles. The number of ether oxygens (including phenoxy) is 2. The number of nitrogens with zero attached hydrogens (tertiary/aromatic N) is 5. The van der Waals surface area contributed by atoms with Gasteiger partial charge in [-0.3, -0.25) is 9.59 Å². The first-order chi connectivity index (χ1) is 30.3. The second kappa shape index (κ2) is 16.9. The lowest BCUT2D eigenvalue weighted by Crippen LogP contribution is -2.55. The predicted octanol–water partition coefficient (Wildman–Crippen LogP) is 7.09. The van der Waals surface area contributed by atoms with E-state index in [4.69, 9.17) is 9.47 Å². The minimum atomic E-state index is -0.605. The molecule has 2 amide bonds. The Morgan fingerprint density at radius 3 is 1.56 bits per heavy atom. The molecule has 10 rings (SSSR count). The fraction of sp³-hybridized carbons (Fsp3) is 0.404. The highest BCUT2D eigenvalue weighted by Gasteiger charge is 2.40. The number of piperidine rings is 2. The Bertz CT molecular complexity index is 2510. The average molecular weight is 867 g/mol. The molecule has 3 N–H and O–H groups in total. The highest BCUT2D eigenvalue weighted by molar-refractivity contribution is 6.10. The minimum Gasteiger partial charge on any atom is -0.483 e. The van der Waals surface area contributed by atoms with Gasteiger partial charge in [-0.1, -0.05) is 26.0 Å². The van der Waals surface area contributed by atoms with E-state index >= 15 is 0 Å². The first-order valence-electron chi connectivity index (χ1n) is 21.5. The maximum absolute atomic E-state index is 14.9. The summed E-state index contributed by atoms with van der Waals surface area (Å²) in [5.74, 6) is 0.155. The van der Waals surface area contributed by atoms with Crippen molar-refractivity contribution >= 4 is 34.9 Å². The van der Waals surface area contributed by atoms with Gasteiger partial charge in [-0.25, -0.2) is 28.4 Å². The third-order valence-electron chi connectivity index (χ3n) is 13.3. The van der Waals surface area contributed by atoms with Crippen LogP contribution in [-0.4, -0.2) is 86.9 Å². The maximum atomic E-state index is 14.9. The van der Waals surface area contributed by atoms with Crippen molar-refractivity contribution in [3.8, 4) is 33.8 Å². The molecule has 6 atom stereocenters. The molecular formula is C47H50F4N8O4. The summed E-state index contributed by atoms with van der Waals surface area (Å²) in [5.41, 5.74) is 9.12. The number of likely N-dealkylation sites (tertiary alicyclic amines) is 1. The monoisotopic (exact) mass is 866 g/mol. The van der Waals surface area contributed by atoms with Gasteiger partial charge >= 0.3 is 0 Å². The number of carbonyl (C=O) groups is 2. The fourth-order valence-corrected chi connectivity index (χ4v) is 10.0. The zero-order chi connectivity index (χ0) is 44.3. The van der Waals surface area contributed by atoms with Crippen LogP contribution in [0.15, 0.2) is 70.9 Å². The molecule has 0 unspecified atom stereocenters. The van der Waals surface area contributed by atoms with Crippen molar-refractivity contribution < 1.29 is 36.6 Å². The van der Waals surface area contributed by atoms with Crippen molar-refractivity contribution in [3.63, 3.8) is 0 Å². The smallest absolute Gasteiger partial charge is 0.262 e. The van der Waals surface area contributed by atoms with Gasteiger partial charge in [0, 0.05) is 6.54 Å². The SMILES string of the molecule is C[C@@H]1C(=O)NN=C2COc3cc(-c4c(F)cccc4F)c([C@@H]4CCN(C)C[C@@H]4C)cc3N21.C[C@@H]1C(=O)NN=C2COc3cc(-c4c(F)cccc4F)c([C@@H]4CCNC[C@@H]4C)cc3N21. The van der Waals surface area contributed by atoms with Gasteiger partial charge in [0.15, 0.2) is 11.7 Å². The molecule has 12 nitrogen and oxygen atoms in total. The Morgan fingerprint density at radius 1 is 0.651 bits per heavy atom. The van der Waals surface area contributed by atoms with Crippen LogP contribution < -0.4 is 35.4 Å². The lowest BCUT2D eigenvalue weighted by molar-refractivity contribution is -0.123. The van der Waals surface area contributed by atoms with Crippen molar-refractivity contribution in [1.29, 1.82) is 0 Å². The van der Waals surface area contributed by atoms with Gasteiger partial charge < -0.3 is 29.5 Å². The molecule has 6 aliphatic rings. The summed E-state index contributed by atoms with van der Waals surface area (Å²) in [6.45, 7) is 11.7. The van der Waals surface area contributed by atoms with Crippen molar-refractivity contribution in [3.05, 3.63) is 95.1 Å². The molecule has 0 radical (unpaired) electrons. The van der Waals surface area contributed by atoms with Crippen LogP contribution in [0.25, 0.3) is 22.3 Å². The summed E-state index contributed by atoms with van der Waals surface area (Å²) in [5, 5.41) is 11.7. The number of amides is 2. The van der Waals surface area contributed by atoms with E-state index in [1.54, 1.807) is 26.0 Å². The van der Waals surface area contributed by atoms with E-state index in [0.717, 1.165) is 50.1 Å². The highest BCUT2D eigenvalue weighted by atomic mass is 19.1. The summed E-state index contributed by atoms with van der Waals surface area (Å²) in [7, 11) is 2.08. The number of hydrogen-bond donors (Lipinski definition) is 3. The Hall–Kier alpha value is -6.00. The molecule has 0 spiro atoms. The average Bonchev–Trinajstić information content (AvgIpc) is 3.26. The number of hydrogen-bond acceptors (Lipinski definition) is 10. The van der Waals surface area contributed by atoms with Crippen LogP contribution in [0.2, 0.25) is 0 Å². The van der Waals surface area contributed by atoms with Crippen molar-refractivity contribution in [2.24, 2.45) is 22.0 Å². The number of benzene rings is 4. The fourth-order valence-electron chi connectivity index (χ4n) is 10.0. The zero-order valence-corrected chi connectivity index (χ0v) is 35.8. The standard InChI is InChI=1S/C24H26F2N4O2.C23H24F2N4O2/c1-13-11-29(3)8-7-15(13)16-9-20-21(10-17(16)23-18(25)5-4-6-19(23)26)32-12-22-27-28-24(31)14(2)30(20)22;1-12-10-26-7-6-14(12)15-8-19-20(9-16(15)22-17(24)4-3-5-18(22)25)31-11-21-27-28-23(30)13(2)29(19)21/h4-6,9-10,13-15H,7-8,11-12H2,1-3H3,(H,28,31);3-5,8-9,12-14,26H,6-7,10-11H2,1-2H3,(H,28,30)/t13-,14+,15+;12-,13+,14+/m00/s1. The van der Waals surface area contributed by atoms with Crippen molar-refractivity contribution in [2.45, 2.75) is 64.5 Å². The van der Waals surface area contributed by atoms with Gasteiger partial charge in [-0.2, -0.15) is 10.2 Å². The number of fused-ring (bicyclic) bond motifs is 6. The molecule has 0 aliphatic carbocycles. The predicted molar refractivity (Wildman–Crippen MR) is 233 cm³/mol. The van der Waals surface area contributed by atoms with Crippen molar-refractivity contribution in [1.82, 2.24) is 21.1 Å². The number of anilines is 2. The van der Waals surface area contributed by atoms with Crippen LogP contribution in [0.3, 0.4) is 0 Å². The van der Waals surface area contributed by atoms with E-state index in [9.17, 15) is 27.2 Å². The van der Waals surface area contributed by atoms with E-state index in [1.165, 1.54) is 36.4 Å². The van der Waals surface area contributed by atoms with Crippen LogP contribution in [0.1, 0.15) is 63.5 Å². The molecule has 16 heteroatoms. The van der Waals surface area contributed by atoms with Gasteiger partial charge in [-0.15, -0.1) is 0 Å². The van der Waals surface area contributed by atoms with Gasteiger partial charge in [0.2, 0.25) is 0 Å².